The SMILES string of the molecule is CCC(C)(C)C(C)(O)C(C)(C)O.O=C(O)c1ccccc1.O=C(O)c1ccccc1. The predicted octanol–water partition coefficient (Wildman–Crippen LogP) is 4.71. The Morgan fingerprint density at radius 1 is 0.700 bits per heavy atom. The summed E-state index contributed by atoms with van der Waals surface area (Å²) in [6.45, 7) is 10.9. The number of carboxylic acids is 2. The third-order valence-corrected chi connectivity index (χ3v) is 5.43. The molecule has 30 heavy (non-hydrogen) atoms. The van der Waals surface area contributed by atoms with E-state index in [0.29, 0.717) is 11.1 Å². The van der Waals surface area contributed by atoms with Crippen LogP contribution in [0.1, 0.15) is 68.7 Å². The highest BCUT2D eigenvalue weighted by atomic mass is 16.4. The number of aromatic carboxylic acids is 2. The van der Waals surface area contributed by atoms with Crippen molar-refractivity contribution < 1.29 is 30.0 Å². The van der Waals surface area contributed by atoms with Crippen molar-refractivity contribution in [2.75, 3.05) is 0 Å². The highest BCUT2D eigenvalue weighted by Crippen LogP contribution is 2.40. The monoisotopic (exact) mass is 418 g/mol. The summed E-state index contributed by atoms with van der Waals surface area (Å²) in [5.41, 5.74) is -1.73. The Balaban J connectivity index is 0.000000426. The second kappa shape index (κ2) is 11.5. The molecule has 0 aliphatic carbocycles. The van der Waals surface area contributed by atoms with Crippen molar-refractivity contribution in [3.8, 4) is 0 Å². The molecule has 0 amide bonds. The van der Waals surface area contributed by atoms with Crippen LogP contribution in [-0.2, 0) is 0 Å². The molecule has 0 fully saturated rings. The van der Waals surface area contributed by atoms with Crippen LogP contribution in [0.5, 0.6) is 0 Å². The quantitative estimate of drug-likeness (QED) is 0.559. The highest BCUT2D eigenvalue weighted by Gasteiger charge is 2.48. The number of carbonyl (C=O) groups is 2. The minimum atomic E-state index is -1.06. The van der Waals surface area contributed by atoms with Crippen LogP contribution in [0.2, 0.25) is 0 Å². The summed E-state index contributed by atoms with van der Waals surface area (Å²) in [4.78, 5) is 20.4. The topological polar surface area (TPSA) is 115 Å². The van der Waals surface area contributed by atoms with E-state index < -0.39 is 23.1 Å². The van der Waals surface area contributed by atoms with E-state index in [4.69, 9.17) is 10.2 Å². The molecule has 0 saturated carbocycles. The Hall–Kier alpha value is -2.70. The lowest BCUT2D eigenvalue weighted by Crippen LogP contribution is -2.57. The second-order valence-corrected chi connectivity index (χ2v) is 8.21. The maximum Gasteiger partial charge on any atom is 0.335 e. The van der Waals surface area contributed by atoms with Crippen molar-refractivity contribution in [3.05, 3.63) is 71.8 Å². The molecule has 0 spiro atoms. The molecule has 0 aliphatic rings. The molecule has 1 unspecified atom stereocenters. The van der Waals surface area contributed by atoms with Crippen molar-refractivity contribution in [1.29, 1.82) is 0 Å². The summed E-state index contributed by atoms with van der Waals surface area (Å²) >= 11 is 0. The molecule has 0 saturated heterocycles. The lowest BCUT2D eigenvalue weighted by atomic mass is 9.66. The van der Waals surface area contributed by atoms with Crippen molar-refractivity contribution in [2.45, 2.75) is 59.2 Å². The van der Waals surface area contributed by atoms with Gasteiger partial charge in [0, 0.05) is 0 Å². The zero-order valence-electron chi connectivity index (χ0n) is 18.6. The maximum absolute atomic E-state index is 10.2. The lowest BCUT2D eigenvalue weighted by Gasteiger charge is -2.47. The van der Waals surface area contributed by atoms with E-state index in [2.05, 4.69) is 0 Å². The number of benzene rings is 2. The first-order valence-electron chi connectivity index (χ1n) is 9.68. The van der Waals surface area contributed by atoms with Crippen molar-refractivity contribution >= 4 is 11.9 Å². The van der Waals surface area contributed by atoms with Crippen molar-refractivity contribution in [1.82, 2.24) is 0 Å². The predicted molar refractivity (Wildman–Crippen MR) is 118 cm³/mol. The molecule has 0 bridgehead atoms. The van der Waals surface area contributed by atoms with Gasteiger partial charge in [-0.1, -0.05) is 57.2 Å². The normalized spacial score (nSPS) is 12.9. The fourth-order valence-corrected chi connectivity index (χ4v) is 2.33. The molecule has 2 rings (SSSR count). The summed E-state index contributed by atoms with van der Waals surface area (Å²) < 4.78 is 0. The van der Waals surface area contributed by atoms with E-state index >= 15 is 0 Å². The molecule has 2 aromatic carbocycles. The maximum atomic E-state index is 10.2. The van der Waals surface area contributed by atoms with E-state index in [1.807, 2.05) is 20.8 Å². The molecule has 0 radical (unpaired) electrons. The molecular weight excluding hydrogens is 384 g/mol. The van der Waals surface area contributed by atoms with Crippen LogP contribution in [0.4, 0.5) is 0 Å². The fourth-order valence-electron chi connectivity index (χ4n) is 2.33. The van der Waals surface area contributed by atoms with Crippen molar-refractivity contribution in [3.63, 3.8) is 0 Å². The molecule has 0 aromatic heterocycles. The van der Waals surface area contributed by atoms with Gasteiger partial charge >= 0.3 is 11.9 Å². The largest absolute Gasteiger partial charge is 0.478 e. The molecule has 0 aliphatic heterocycles. The highest BCUT2D eigenvalue weighted by molar-refractivity contribution is 5.87. The molecule has 6 heteroatoms. The third-order valence-electron chi connectivity index (χ3n) is 5.43. The van der Waals surface area contributed by atoms with Crippen LogP contribution in [0.15, 0.2) is 60.7 Å². The smallest absolute Gasteiger partial charge is 0.335 e. The number of hydrogen-bond acceptors (Lipinski definition) is 4. The van der Waals surface area contributed by atoms with Crippen LogP contribution in [0.3, 0.4) is 0 Å². The van der Waals surface area contributed by atoms with Crippen LogP contribution in [0, 0.1) is 5.41 Å². The fraction of sp³-hybridized carbons (Fsp3) is 0.417. The lowest BCUT2D eigenvalue weighted by molar-refractivity contribution is -0.181. The van der Waals surface area contributed by atoms with Crippen LogP contribution in [0.25, 0.3) is 0 Å². The van der Waals surface area contributed by atoms with E-state index in [-0.39, 0.29) is 5.41 Å². The molecule has 166 valence electrons. The zero-order chi connectivity index (χ0) is 23.6. The molecule has 2 aromatic rings. The van der Waals surface area contributed by atoms with E-state index in [0.717, 1.165) is 6.42 Å². The summed E-state index contributed by atoms with van der Waals surface area (Å²) in [6.07, 6.45) is 0.837. The van der Waals surface area contributed by atoms with Gasteiger partial charge in [0.05, 0.1) is 22.3 Å². The summed E-state index contributed by atoms with van der Waals surface area (Å²) in [6, 6.07) is 16.6. The molecule has 1 atom stereocenters. The van der Waals surface area contributed by atoms with Crippen molar-refractivity contribution in [2.24, 2.45) is 5.41 Å². The zero-order valence-corrected chi connectivity index (χ0v) is 18.6. The first kappa shape index (κ1) is 27.3. The number of rotatable bonds is 5. The minimum absolute atomic E-state index is 0.273. The summed E-state index contributed by atoms with van der Waals surface area (Å²) in [5, 5.41) is 36.7. The Bertz CT molecular complexity index is 725. The molecular formula is C24H34O6. The van der Waals surface area contributed by atoms with Crippen LogP contribution < -0.4 is 0 Å². The average Bonchev–Trinajstić information content (AvgIpc) is 2.69. The third kappa shape index (κ3) is 8.35. The Labute approximate surface area is 178 Å². The number of hydrogen-bond donors (Lipinski definition) is 4. The minimum Gasteiger partial charge on any atom is -0.478 e. The first-order chi connectivity index (χ1) is 13.7. The van der Waals surface area contributed by atoms with Gasteiger partial charge in [-0.25, -0.2) is 9.59 Å². The Morgan fingerprint density at radius 2 is 1.00 bits per heavy atom. The van der Waals surface area contributed by atoms with Crippen LogP contribution in [-0.4, -0.2) is 43.6 Å². The van der Waals surface area contributed by atoms with Gasteiger partial charge in [-0.2, -0.15) is 0 Å². The van der Waals surface area contributed by atoms with Gasteiger partial charge in [0.15, 0.2) is 0 Å². The number of carboxylic acid groups (broad SMARTS) is 2. The summed E-state index contributed by atoms with van der Waals surface area (Å²) in [5.74, 6) is -1.76. The van der Waals surface area contributed by atoms with Gasteiger partial charge in [0.2, 0.25) is 0 Å². The van der Waals surface area contributed by atoms with Gasteiger partial charge in [0.25, 0.3) is 0 Å². The second-order valence-electron chi connectivity index (χ2n) is 8.21. The Kier molecular flexibility index (Phi) is 10.4. The van der Waals surface area contributed by atoms with Gasteiger partial charge in [-0.3, -0.25) is 0 Å². The standard InChI is InChI=1S/C10H22O2.2C7H6O2/c1-7-8(2,3)10(6,12)9(4,5)11;2*8-7(9)6-4-2-1-3-5-6/h11-12H,7H2,1-6H3;2*1-5H,(H,8,9). The van der Waals surface area contributed by atoms with Crippen LogP contribution >= 0.6 is 0 Å². The van der Waals surface area contributed by atoms with Gasteiger partial charge in [0.1, 0.15) is 0 Å². The van der Waals surface area contributed by atoms with Gasteiger partial charge < -0.3 is 20.4 Å². The van der Waals surface area contributed by atoms with E-state index in [1.54, 1.807) is 81.4 Å². The molecule has 6 nitrogen and oxygen atoms in total. The van der Waals surface area contributed by atoms with E-state index in [9.17, 15) is 19.8 Å². The average molecular weight is 419 g/mol. The Morgan fingerprint density at radius 3 is 1.13 bits per heavy atom. The molecule has 4 N–H and O–H groups in total. The van der Waals surface area contributed by atoms with Gasteiger partial charge in [-0.05, 0) is 56.9 Å². The number of aliphatic hydroxyl groups is 2. The first-order valence-corrected chi connectivity index (χ1v) is 9.68. The molecule has 0 heterocycles. The van der Waals surface area contributed by atoms with E-state index in [1.165, 1.54) is 0 Å². The van der Waals surface area contributed by atoms with Gasteiger partial charge in [-0.15, -0.1) is 0 Å². The summed E-state index contributed by atoms with van der Waals surface area (Å²) in [7, 11) is 0.